The van der Waals surface area contributed by atoms with Gasteiger partial charge in [-0.05, 0) is 50.6 Å². The van der Waals surface area contributed by atoms with Crippen LogP contribution in [0.25, 0.3) is 0 Å². The molecule has 0 atom stereocenters. The van der Waals surface area contributed by atoms with Crippen molar-refractivity contribution in [3.05, 3.63) is 65.0 Å². The summed E-state index contributed by atoms with van der Waals surface area (Å²) in [5, 5.41) is 0. The molecule has 0 bridgehead atoms. The summed E-state index contributed by atoms with van der Waals surface area (Å²) >= 11 is 0. The maximum atomic E-state index is 13.5. The first-order valence-corrected chi connectivity index (χ1v) is 7.36. The highest BCUT2D eigenvalue weighted by molar-refractivity contribution is 5.47. The summed E-state index contributed by atoms with van der Waals surface area (Å²) in [6, 6.07) is 13.3. The first-order valence-electron chi connectivity index (χ1n) is 7.36. The summed E-state index contributed by atoms with van der Waals surface area (Å²) in [5.74, 6) is -0.203. The van der Waals surface area contributed by atoms with Crippen molar-refractivity contribution in [1.29, 1.82) is 0 Å². The van der Waals surface area contributed by atoms with Gasteiger partial charge in [-0.25, -0.2) is 4.39 Å². The van der Waals surface area contributed by atoms with E-state index in [1.54, 1.807) is 12.1 Å². The molecule has 0 aromatic heterocycles. The Morgan fingerprint density at radius 1 is 1.05 bits per heavy atom. The minimum atomic E-state index is -0.203. The van der Waals surface area contributed by atoms with E-state index in [0.29, 0.717) is 6.54 Å². The van der Waals surface area contributed by atoms with E-state index in [2.05, 4.69) is 36.9 Å². The van der Waals surface area contributed by atoms with Crippen molar-refractivity contribution in [1.82, 2.24) is 0 Å². The lowest BCUT2D eigenvalue weighted by molar-refractivity contribution is 0.625. The standard InChI is InChI=1S/C18H23FN2/c1-14-9-15(2)11-16(10-14)13-21(8-4-7-20)18-6-3-5-17(19)12-18/h3,5-6,9-12H,4,7-8,13,20H2,1-2H3. The monoisotopic (exact) mass is 286 g/mol. The third kappa shape index (κ3) is 4.57. The van der Waals surface area contributed by atoms with Crippen LogP contribution in [0.3, 0.4) is 0 Å². The molecule has 0 fully saturated rings. The van der Waals surface area contributed by atoms with Crippen molar-refractivity contribution in [2.24, 2.45) is 5.73 Å². The zero-order valence-electron chi connectivity index (χ0n) is 12.8. The number of hydrogen-bond acceptors (Lipinski definition) is 2. The summed E-state index contributed by atoms with van der Waals surface area (Å²) in [7, 11) is 0. The van der Waals surface area contributed by atoms with Gasteiger partial charge in [-0.1, -0.05) is 35.4 Å². The fraction of sp³-hybridized carbons (Fsp3) is 0.333. The molecule has 0 amide bonds. The molecule has 2 nitrogen and oxygen atoms in total. The van der Waals surface area contributed by atoms with Crippen LogP contribution >= 0.6 is 0 Å². The smallest absolute Gasteiger partial charge is 0.125 e. The van der Waals surface area contributed by atoms with Crippen molar-refractivity contribution in [2.75, 3.05) is 18.0 Å². The maximum Gasteiger partial charge on any atom is 0.125 e. The lowest BCUT2D eigenvalue weighted by Gasteiger charge is -2.25. The molecule has 0 heterocycles. The van der Waals surface area contributed by atoms with Crippen LogP contribution in [0.5, 0.6) is 0 Å². The van der Waals surface area contributed by atoms with Crippen molar-refractivity contribution >= 4 is 5.69 Å². The predicted molar refractivity (Wildman–Crippen MR) is 87.0 cm³/mol. The van der Waals surface area contributed by atoms with Crippen LogP contribution in [-0.4, -0.2) is 13.1 Å². The molecule has 2 aromatic carbocycles. The average Bonchev–Trinajstić information content (AvgIpc) is 2.42. The highest BCUT2D eigenvalue weighted by Crippen LogP contribution is 2.20. The van der Waals surface area contributed by atoms with E-state index in [4.69, 9.17) is 5.73 Å². The van der Waals surface area contributed by atoms with Crippen LogP contribution in [0.1, 0.15) is 23.1 Å². The van der Waals surface area contributed by atoms with Gasteiger partial charge in [0.25, 0.3) is 0 Å². The number of rotatable bonds is 6. The summed E-state index contributed by atoms with van der Waals surface area (Å²) < 4.78 is 13.5. The molecule has 2 aromatic rings. The summed E-state index contributed by atoms with van der Waals surface area (Å²) in [6.45, 7) is 6.43. The molecule has 3 heteroatoms. The van der Waals surface area contributed by atoms with Gasteiger partial charge in [-0.3, -0.25) is 0 Å². The molecule has 112 valence electrons. The largest absolute Gasteiger partial charge is 0.367 e. The number of anilines is 1. The van der Waals surface area contributed by atoms with Crippen LogP contribution in [0.4, 0.5) is 10.1 Å². The normalized spacial score (nSPS) is 10.7. The molecule has 21 heavy (non-hydrogen) atoms. The minimum absolute atomic E-state index is 0.203. The van der Waals surface area contributed by atoms with Crippen LogP contribution < -0.4 is 10.6 Å². The van der Waals surface area contributed by atoms with Gasteiger partial charge in [-0.15, -0.1) is 0 Å². The van der Waals surface area contributed by atoms with E-state index in [-0.39, 0.29) is 5.82 Å². The third-order valence-corrected chi connectivity index (χ3v) is 3.46. The number of benzene rings is 2. The third-order valence-electron chi connectivity index (χ3n) is 3.46. The number of halogens is 1. The van der Waals surface area contributed by atoms with Gasteiger partial charge in [0.2, 0.25) is 0 Å². The second-order valence-corrected chi connectivity index (χ2v) is 5.54. The Balaban J connectivity index is 2.23. The van der Waals surface area contributed by atoms with Gasteiger partial charge in [0.1, 0.15) is 5.82 Å². The first-order chi connectivity index (χ1) is 10.1. The molecular weight excluding hydrogens is 263 g/mol. The average molecular weight is 286 g/mol. The van der Waals surface area contributed by atoms with E-state index in [1.165, 1.54) is 22.8 Å². The van der Waals surface area contributed by atoms with E-state index in [0.717, 1.165) is 25.2 Å². The van der Waals surface area contributed by atoms with Gasteiger partial charge in [0, 0.05) is 18.8 Å². The highest BCUT2D eigenvalue weighted by Gasteiger charge is 2.08. The van der Waals surface area contributed by atoms with E-state index < -0.39 is 0 Å². The number of nitrogens with zero attached hydrogens (tertiary/aromatic N) is 1. The molecule has 2 N–H and O–H groups in total. The Kier molecular flexibility index (Phi) is 5.34. The van der Waals surface area contributed by atoms with E-state index >= 15 is 0 Å². The van der Waals surface area contributed by atoms with Crippen LogP contribution in [0.2, 0.25) is 0 Å². The van der Waals surface area contributed by atoms with Crippen molar-refractivity contribution in [3.8, 4) is 0 Å². The van der Waals surface area contributed by atoms with Crippen LogP contribution in [0, 0.1) is 19.7 Å². The lowest BCUT2D eigenvalue weighted by atomic mass is 10.1. The molecule has 0 radical (unpaired) electrons. The Hall–Kier alpha value is -1.87. The molecule has 2 rings (SSSR count). The predicted octanol–water partition coefficient (Wildman–Crippen LogP) is 3.80. The molecule has 0 unspecified atom stereocenters. The fourth-order valence-electron chi connectivity index (χ4n) is 2.64. The van der Waals surface area contributed by atoms with Crippen LogP contribution in [-0.2, 0) is 6.54 Å². The van der Waals surface area contributed by atoms with Crippen molar-refractivity contribution < 1.29 is 4.39 Å². The van der Waals surface area contributed by atoms with Gasteiger partial charge in [0.15, 0.2) is 0 Å². The highest BCUT2D eigenvalue weighted by atomic mass is 19.1. The number of hydrogen-bond donors (Lipinski definition) is 1. The zero-order chi connectivity index (χ0) is 15.2. The van der Waals surface area contributed by atoms with Crippen molar-refractivity contribution in [3.63, 3.8) is 0 Å². The summed E-state index contributed by atoms with van der Waals surface area (Å²) in [6.07, 6.45) is 0.890. The summed E-state index contributed by atoms with van der Waals surface area (Å²) in [4.78, 5) is 2.18. The molecule has 0 aliphatic rings. The zero-order valence-corrected chi connectivity index (χ0v) is 12.8. The Morgan fingerprint density at radius 2 is 1.76 bits per heavy atom. The molecule has 0 saturated heterocycles. The van der Waals surface area contributed by atoms with Gasteiger partial charge in [-0.2, -0.15) is 0 Å². The quantitative estimate of drug-likeness (QED) is 0.875. The first kappa shape index (κ1) is 15.5. The van der Waals surface area contributed by atoms with Gasteiger partial charge in [0.05, 0.1) is 0 Å². The van der Waals surface area contributed by atoms with Gasteiger partial charge < -0.3 is 10.6 Å². The SMILES string of the molecule is Cc1cc(C)cc(CN(CCCN)c2cccc(F)c2)c1. The fourth-order valence-corrected chi connectivity index (χ4v) is 2.64. The Labute approximate surface area is 126 Å². The Bertz CT molecular complexity index is 575. The number of nitrogens with two attached hydrogens (primary N) is 1. The molecule has 0 spiro atoms. The molecule has 0 aliphatic carbocycles. The molecule has 0 aliphatic heterocycles. The Morgan fingerprint density at radius 3 is 2.38 bits per heavy atom. The van der Waals surface area contributed by atoms with E-state index in [1.807, 2.05) is 6.07 Å². The maximum absolute atomic E-state index is 13.5. The van der Waals surface area contributed by atoms with Crippen LogP contribution in [0.15, 0.2) is 42.5 Å². The summed E-state index contributed by atoms with van der Waals surface area (Å²) in [5.41, 5.74) is 10.3. The lowest BCUT2D eigenvalue weighted by Crippen LogP contribution is -2.25. The minimum Gasteiger partial charge on any atom is -0.367 e. The second kappa shape index (κ2) is 7.23. The second-order valence-electron chi connectivity index (χ2n) is 5.54. The van der Waals surface area contributed by atoms with E-state index in [9.17, 15) is 4.39 Å². The molecule has 0 saturated carbocycles. The van der Waals surface area contributed by atoms with Gasteiger partial charge >= 0.3 is 0 Å². The molecular formula is C18H23FN2. The van der Waals surface area contributed by atoms with Crippen molar-refractivity contribution in [2.45, 2.75) is 26.8 Å². The topological polar surface area (TPSA) is 29.3 Å². The number of aryl methyl sites for hydroxylation is 2.